The first-order valence-corrected chi connectivity index (χ1v) is 17.9. The van der Waals surface area contributed by atoms with Crippen LogP contribution in [0.3, 0.4) is 0 Å². The Morgan fingerprint density at radius 2 is 1.28 bits per heavy atom. The summed E-state index contributed by atoms with van der Waals surface area (Å²) in [6.07, 6.45) is 9.58. The largest absolute Gasteiger partial charge is 0.456 e. The van der Waals surface area contributed by atoms with Crippen molar-refractivity contribution in [3.05, 3.63) is 192 Å². The van der Waals surface area contributed by atoms with Crippen LogP contribution in [0.25, 0.3) is 67.1 Å². The van der Waals surface area contributed by atoms with Gasteiger partial charge in [-0.2, -0.15) is 0 Å². The predicted molar refractivity (Wildman–Crippen MR) is 224 cm³/mol. The molecular weight excluding hydrogens is 647 g/mol. The topological polar surface area (TPSA) is 50.2 Å². The summed E-state index contributed by atoms with van der Waals surface area (Å²) in [4.78, 5) is 14.8. The maximum absolute atomic E-state index is 6.45. The van der Waals surface area contributed by atoms with Gasteiger partial charge in [-0.15, -0.1) is 0 Å². The van der Waals surface area contributed by atoms with Gasteiger partial charge in [0.15, 0.2) is 11.7 Å². The Morgan fingerprint density at radius 3 is 2.06 bits per heavy atom. The predicted octanol–water partition coefficient (Wildman–Crippen LogP) is 12.6. The summed E-state index contributed by atoms with van der Waals surface area (Å²) in [7, 11) is 0. The first-order chi connectivity index (χ1) is 26.2. The van der Waals surface area contributed by atoms with E-state index < -0.39 is 0 Å². The van der Waals surface area contributed by atoms with Crippen molar-refractivity contribution in [3.63, 3.8) is 0 Å². The molecule has 1 aliphatic rings. The second kappa shape index (κ2) is 14.0. The molecule has 4 nitrogen and oxygen atoms in total. The SMILES string of the molecule is C=NC(=NC(=NCc1ccccc1)c1ccc2c(c1)C=CCC=C2)c1cccc2oc3ccc(-c4ccc(-c5ccccc5)c5ccccc45)cc3c12. The van der Waals surface area contributed by atoms with Gasteiger partial charge in [-0.3, -0.25) is 4.99 Å². The lowest BCUT2D eigenvalue weighted by Crippen LogP contribution is -2.06. The average Bonchev–Trinajstić information content (AvgIpc) is 3.43. The Hall–Kier alpha value is -6.91. The number of nitrogens with zero attached hydrogens (tertiary/aromatic N) is 3. The molecule has 0 radical (unpaired) electrons. The number of fused-ring (bicyclic) bond motifs is 5. The lowest BCUT2D eigenvalue weighted by atomic mass is 9.91. The number of amidine groups is 2. The molecule has 0 unspecified atom stereocenters. The lowest BCUT2D eigenvalue weighted by Gasteiger charge is -2.12. The van der Waals surface area contributed by atoms with Crippen LogP contribution in [-0.2, 0) is 6.54 Å². The summed E-state index contributed by atoms with van der Waals surface area (Å²) in [5.41, 5.74) is 11.4. The molecule has 0 amide bonds. The van der Waals surface area contributed by atoms with E-state index in [1.807, 2.05) is 36.4 Å². The van der Waals surface area contributed by atoms with Crippen molar-refractivity contribution in [1.29, 1.82) is 0 Å². The molecule has 0 aliphatic heterocycles. The van der Waals surface area contributed by atoms with Crippen molar-refractivity contribution >= 4 is 63.3 Å². The summed E-state index contributed by atoms with van der Waals surface area (Å²) in [5.74, 6) is 1.08. The highest BCUT2D eigenvalue weighted by atomic mass is 16.3. The van der Waals surface area contributed by atoms with Crippen LogP contribution in [0.1, 0.15) is 34.2 Å². The van der Waals surface area contributed by atoms with Gasteiger partial charge in [-0.25, -0.2) is 9.98 Å². The minimum absolute atomic E-state index is 0.482. The number of benzene rings is 7. The summed E-state index contributed by atoms with van der Waals surface area (Å²) < 4.78 is 6.45. The lowest BCUT2D eigenvalue weighted by molar-refractivity contribution is 0.669. The molecule has 8 aromatic rings. The van der Waals surface area contributed by atoms with E-state index in [0.717, 1.165) is 61.7 Å². The molecular formula is C49H35N3O. The second-order valence-electron chi connectivity index (χ2n) is 13.2. The molecule has 7 aromatic carbocycles. The Labute approximate surface area is 308 Å². The molecule has 0 spiro atoms. The highest BCUT2D eigenvalue weighted by Crippen LogP contribution is 2.39. The molecule has 0 saturated heterocycles. The third kappa shape index (κ3) is 6.21. The van der Waals surface area contributed by atoms with Crippen molar-refractivity contribution in [2.45, 2.75) is 13.0 Å². The van der Waals surface area contributed by atoms with Crippen LogP contribution < -0.4 is 0 Å². The Bertz CT molecular complexity index is 2790. The minimum atomic E-state index is 0.482. The second-order valence-corrected chi connectivity index (χ2v) is 13.2. The van der Waals surface area contributed by atoms with E-state index in [-0.39, 0.29) is 0 Å². The van der Waals surface area contributed by atoms with E-state index in [1.165, 1.54) is 27.5 Å². The molecule has 1 heterocycles. The average molecular weight is 682 g/mol. The fraction of sp³-hybridized carbons (Fsp3) is 0.0408. The Kier molecular flexibility index (Phi) is 8.47. The van der Waals surface area contributed by atoms with Crippen molar-refractivity contribution in [2.24, 2.45) is 15.0 Å². The molecule has 1 aliphatic carbocycles. The van der Waals surface area contributed by atoms with E-state index in [0.29, 0.717) is 18.2 Å². The van der Waals surface area contributed by atoms with E-state index in [1.54, 1.807) is 0 Å². The fourth-order valence-electron chi connectivity index (χ4n) is 7.30. The monoisotopic (exact) mass is 681 g/mol. The van der Waals surface area contributed by atoms with Gasteiger partial charge in [-0.05, 0) is 87.1 Å². The Balaban J connectivity index is 1.19. The molecule has 252 valence electrons. The van der Waals surface area contributed by atoms with Crippen molar-refractivity contribution in [3.8, 4) is 22.3 Å². The van der Waals surface area contributed by atoms with Gasteiger partial charge in [0.2, 0.25) is 0 Å². The van der Waals surface area contributed by atoms with E-state index in [4.69, 9.17) is 14.4 Å². The summed E-state index contributed by atoms with van der Waals surface area (Å²) in [6.45, 7) is 4.48. The van der Waals surface area contributed by atoms with E-state index in [2.05, 4.69) is 151 Å². The molecule has 0 fully saturated rings. The first kappa shape index (κ1) is 32.0. The van der Waals surface area contributed by atoms with Gasteiger partial charge in [0.1, 0.15) is 11.2 Å². The van der Waals surface area contributed by atoms with E-state index >= 15 is 0 Å². The first-order valence-electron chi connectivity index (χ1n) is 17.9. The number of aliphatic imine (C=N–C) groups is 3. The van der Waals surface area contributed by atoms with Crippen LogP contribution in [0.4, 0.5) is 0 Å². The van der Waals surface area contributed by atoms with Crippen LogP contribution in [0.5, 0.6) is 0 Å². The number of allylic oxidation sites excluding steroid dienone is 2. The van der Waals surface area contributed by atoms with E-state index in [9.17, 15) is 0 Å². The van der Waals surface area contributed by atoms with Gasteiger partial charge < -0.3 is 4.42 Å². The number of rotatable bonds is 6. The number of furan rings is 1. The fourth-order valence-corrected chi connectivity index (χ4v) is 7.30. The van der Waals surface area contributed by atoms with Crippen molar-refractivity contribution < 1.29 is 4.42 Å². The van der Waals surface area contributed by atoms with Crippen LogP contribution in [0, 0.1) is 0 Å². The molecule has 53 heavy (non-hydrogen) atoms. The van der Waals surface area contributed by atoms with Crippen LogP contribution in [0.2, 0.25) is 0 Å². The summed E-state index contributed by atoms with van der Waals surface area (Å²) in [5, 5.41) is 4.34. The van der Waals surface area contributed by atoms with Crippen molar-refractivity contribution in [1.82, 2.24) is 0 Å². The molecule has 4 heteroatoms. The zero-order valence-corrected chi connectivity index (χ0v) is 29.1. The zero-order chi connectivity index (χ0) is 35.6. The molecule has 0 bridgehead atoms. The quantitative estimate of drug-likeness (QED) is 0.127. The third-order valence-corrected chi connectivity index (χ3v) is 9.88. The summed E-state index contributed by atoms with van der Waals surface area (Å²) in [6, 6.07) is 52.7. The normalized spacial score (nSPS) is 13.1. The molecule has 9 rings (SSSR count). The van der Waals surface area contributed by atoms with Crippen LogP contribution in [-0.4, -0.2) is 18.4 Å². The molecule has 0 saturated carbocycles. The van der Waals surface area contributed by atoms with Crippen LogP contribution in [0.15, 0.2) is 183 Å². The highest BCUT2D eigenvalue weighted by Gasteiger charge is 2.18. The third-order valence-electron chi connectivity index (χ3n) is 9.88. The van der Waals surface area contributed by atoms with Gasteiger partial charge in [0, 0.05) is 21.9 Å². The van der Waals surface area contributed by atoms with Gasteiger partial charge in [0.05, 0.1) is 6.54 Å². The maximum Gasteiger partial charge on any atom is 0.161 e. The van der Waals surface area contributed by atoms with Gasteiger partial charge in [-0.1, -0.05) is 152 Å². The minimum Gasteiger partial charge on any atom is -0.456 e. The Morgan fingerprint density at radius 1 is 0.566 bits per heavy atom. The van der Waals surface area contributed by atoms with Crippen LogP contribution >= 0.6 is 0 Å². The zero-order valence-electron chi connectivity index (χ0n) is 29.1. The maximum atomic E-state index is 6.45. The standard InChI is InChI=1S/C49H35N3O/c1-50-49(52-48(51-32-33-14-5-2-6-15-33)38-25-24-34-16-7-3-10-19-36(34)30-38)43-22-13-23-46-47(43)44-31-37(26-29-45(44)53-46)40-28-27-39(35-17-8-4-9-18-35)41-20-11-12-21-42(40)41/h2,4-31H,1,3,32H2. The molecule has 0 atom stereocenters. The summed E-state index contributed by atoms with van der Waals surface area (Å²) >= 11 is 0. The number of hydrogen-bond acceptors (Lipinski definition) is 2. The molecule has 1 aromatic heterocycles. The van der Waals surface area contributed by atoms with Gasteiger partial charge >= 0.3 is 0 Å². The molecule has 0 N–H and O–H groups in total. The van der Waals surface area contributed by atoms with Gasteiger partial charge in [0.25, 0.3) is 0 Å². The highest BCUT2D eigenvalue weighted by molar-refractivity contribution is 6.22. The number of hydrogen-bond donors (Lipinski definition) is 0. The van der Waals surface area contributed by atoms with Crippen molar-refractivity contribution in [2.75, 3.05) is 0 Å². The smallest absolute Gasteiger partial charge is 0.161 e.